The molecule has 13 heavy (non-hydrogen) atoms. The van der Waals surface area contributed by atoms with E-state index in [0.717, 1.165) is 16.4 Å². The van der Waals surface area contributed by atoms with Gasteiger partial charge in [0.25, 0.3) is 0 Å². The highest BCUT2D eigenvalue weighted by Crippen LogP contribution is 2.30. The molecule has 2 N–H and O–H groups in total. The fourth-order valence-electron chi connectivity index (χ4n) is 1.37. The van der Waals surface area contributed by atoms with Gasteiger partial charge in [-0.15, -0.1) is 0 Å². The highest BCUT2D eigenvalue weighted by Gasteiger charge is 2.28. The molecular weight excluding hydrogens is 180 g/mol. The molecule has 0 saturated heterocycles. The zero-order valence-electron chi connectivity index (χ0n) is 7.72. The number of nitrogens with one attached hydrogen (secondary N) is 2. The van der Waals surface area contributed by atoms with Crippen LogP contribution in [0.5, 0.6) is 0 Å². The van der Waals surface area contributed by atoms with Gasteiger partial charge in [0, 0.05) is 0 Å². The molecule has 0 fully saturated rings. The summed E-state index contributed by atoms with van der Waals surface area (Å²) in [7, 11) is 0. The van der Waals surface area contributed by atoms with Crippen LogP contribution < -0.4 is 10.6 Å². The molecule has 0 atom stereocenters. The Morgan fingerprint density at radius 1 is 1.15 bits per heavy atom. The van der Waals surface area contributed by atoms with E-state index in [1.54, 1.807) is 0 Å². The number of benzene rings is 1. The molecule has 2 nitrogen and oxygen atoms in total. The first-order valence-electron chi connectivity index (χ1n) is 4.28. The van der Waals surface area contributed by atoms with Crippen molar-refractivity contribution in [2.24, 2.45) is 0 Å². The molecule has 1 aromatic rings. The zero-order valence-corrected chi connectivity index (χ0v) is 8.53. The third-order valence-corrected chi connectivity index (χ3v) is 2.80. The van der Waals surface area contributed by atoms with Crippen molar-refractivity contribution in [2.75, 3.05) is 10.6 Å². The van der Waals surface area contributed by atoms with Crippen molar-refractivity contribution in [3.8, 4) is 0 Å². The van der Waals surface area contributed by atoms with Gasteiger partial charge in [0.2, 0.25) is 0 Å². The fourth-order valence-corrected chi connectivity index (χ4v) is 1.53. The van der Waals surface area contributed by atoms with E-state index in [-0.39, 0.29) is 5.54 Å². The number of hydrogen-bond acceptors (Lipinski definition) is 2. The molecule has 0 aliphatic carbocycles. The van der Waals surface area contributed by atoms with Gasteiger partial charge in [-0.25, -0.2) is 0 Å². The molecule has 1 heterocycles. The van der Waals surface area contributed by atoms with E-state index < -0.39 is 0 Å². The van der Waals surface area contributed by atoms with Gasteiger partial charge in [0.05, 0.1) is 16.9 Å². The first kappa shape index (κ1) is 8.51. The van der Waals surface area contributed by atoms with Crippen molar-refractivity contribution in [2.45, 2.75) is 19.4 Å². The maximum Gasteiger partial charge on any atom is 0.105 e. The largest absolute Gasteiger partial charge is 0.372 e. The van der Waals surface area contributed by atoms with Crippen molar-refractivity contribution >= 4 is 28.6 Å². The summed E-state index contributed by atoms with van der Waals surface area (Å²) in [5.41, 5.74) is 2.02. The Labute approximate surface area is 83.3 Å². The fraction of sp³-hybridized carbons (Fsp3) is 0.300. The van der Waals surface area contributed by atoms with Gasteiger partial charge in [-0.3, -0.25) is 0 Å². The van der Waals surface area contributed by atoms with Crippen LogP contribution in [0.2, 0.25) is 0 Å². The Kier molecular flexibility index (Phi) is 1.77. The van der Waals surface area contributed by atoms with Crippen molar-refractivity contribution in [3.05, 3.63) is 24.3 Å². The molecule has 0 saturated carbocycles. The highest BCUT2D eigenvalue weighted by molar-refractivity contribution is 7.80. The first-order chi connectivity index (χ1) is 6.09. The van der Waals surface area contributed by atoms with Crippen molar-refractivity contribution < 1.29 is 0 Å². The van der Waals surface area contributed by atoms with E-state index in [0.29, 0.717) is 0 Å². The van der Waals surface area contributed by atoms with Gasteiger partial charge < -0.3 is 10.6 Å². The third kappa shape index (κ3) is 1.40. The van der Waals surface area contributed by atoms with Crippen LogP contribution in [0.1, 0.15) is 13.8 Å². The van der Waals surface area contributed by atoms with Crippen LogP contribution in [0.3, 0.4) is 0 Å². The number of rotatable bonds is 0. The molecule has 0 radical (unpaired) electrons. The Morgan fingerprint density at radius 3 is 2.46 bits per heavy atom. The summed E-state index contributed by atoms with van der Waals surface area (Å²) in [6, 6.07) is 8.07. The third-order valence-electron chi connectivity index (χ3n) is 2.19. The predicted octanol–water partition coefficient (Wildman–Crippen LogP) is 2.63. The quantitative estimate of drug-likeness (QED) is 0.618. The lowest BCUT2D eigenvalue weighted by molar-refractivity contribution is 0.762. The maximum absolute atomic E-state index is 5.24. The average Bonchev–Trinajstić information content (AvgIpc) is 2.06. The van der Waals surface area contributed by atoms with E-state index in [2.05, 4.69) is 24.5 Å². The monoisotopic (exact) mass is 192 g/mol. The summed E-state index contributed by atoms with van der Waals surface area (Å²) in [6.45, 7) is 4.14. The van der Waals surface area contributed by atoms with Crippen LogP contribution in [0, 0.1) is 0 Å². The van der Waals surface area contributed by atoms with E-state index in [1.165, 1.54) is 0 Å². The standard InChI is InChI=1S/C10H12N2S/c1-10(2)9(13)11-7-5-3-4-6-8(7)12-10/h3-6,12H,1-2H3,(H,11,13). The van der Waals surface area contributed by atoms with E-state index in [9.17, 15) is 0 Å². The lowest BCUT2D eigenvalue weighted by atomic mass is 10.0. The molecule has 0 amide bonds. The summed E-state index contributed by atoms with van der Waals surface area (Å²) in [5, 5.41) is 6.60. The topological polar surface area (TPSA) is 24.1 Å². The van der Waals surface area contributed by atoms with Crippen LogP contribution in [0.4, 0.5) is 11.4 Å². The Balaban J connectivity index is 2.44. The molecule has 0 spiro atoms. The first-order valence-corrected chi connectivity index (χ1v) is 4.69. The van der Waals surface area contributed by atoms with Crippen molar-refractivity contribution in [1.82, 2.24) is 0 Å². The molecular formula is C10H12N2S. The highest BCUT2D eigenvalue weighted by atomic mass is 32.1. The summed E-state index contributed by atoms with van der Waals surface area (Å²) < 4.78 is 0. The predicted molar refractivity (Wildman–Crippen MR) is 60.4 cm³/mol. The summed E-state index contributed by atoms with van der Waals surface area (Å²) in [4.78, 5) is 0.839. The zero-order chi connectivity index (χ0) is 9.47. The normalized spacial score (nSPS) is 18.5. The SMILES string of the molecule is CC1(C)Nc2ccccc2NC1=S. The van der Waals surface area contributed by atoms with Crippen LogP contribution in [-0.2, 0) is 0 Å². The van der Waals surface area contributed by atoms with Gasteiger partial charge in [0.15, 0.2) is 0 Å². The molecule has 0 aromatic heterocycles. The average molecular weight is 192 g/mol. The molecule has 1 aromatic carbocycles. The second-order valence-electron chi connectivity index (χ2n) is 3.75. The Morgan fingerprint density at radius 2 is 1.77 bits per heavy atom. The molecule has 0 unspecified atom stereocenters. The van der Waals surface area contributed by atoms with Crippen LogP contribution >= 0.6 is 12.2 Å². The van der Waals surface area contributed by atoms with Crippen molar-refractivity contribution in [1.29, 1.82) is 0 Å². The van der Waals surface area contributed by atoms with Gasteiger partial charge >= 0.3 is 0 Å². The second-order valence-corrected chi connectivity index (χ2v) is 4.16. The number of fused-ring (bicyclic) bond motifs is 1. The van der Waals surface area contributed by atoms with Crippen LogP contribution in [0.25, 0.3) is 0 Å². The van der Waals surface area contributed by atoms with E-state index in [4.69, 9.17) is 12.2 Å². The smallest absolute Gasteiger partial charge is 0.105 e. The minimum absolute atomic E-state index is 0.149. The molecule has 2 rings (SSSR count). The van der Waals surface area contributed by atoms with E-state index >= 15 is 0 Å². The molecule has 1 aliphatic rings. The van der Waals surface area contributed by atoms with Gasteiger partial charge in [-0.05, 0) is 26.0 Å². The lowest BCUT2D eigenvalue weighted by Crippen LogP contribution is -2.46. The number of thiocarbonyl (C=S) groups is 1. The summed E-state index contributed by atoms with van der Waals surface area (Å²) >= 11 is 5.24. The Hall–Kier alpha value is -1.09. The van der Waals surface area contributed by atoms with Crippen molar-refractivity contribution in [3.63, 3.8) is 0 Å². The lowest BCUT2D eigenvalue weighted by Gasteiger charge is -2.35. The minimum Gasteiger partial charge on any atom is -0.372 e. The Bertz CT molecular complexity index is 358. The summed E-state index contributed by atoms with van der Waals surface area (Å²) in [6.07, 6.45) is 0. The molecule has 1 aliphatic heterocycles. The van der Waals surface area contributed by atoms with Crippen LogP contribution in [-0.4, -0.2) is 10.5 Å². The molecule has 68 valence electrons. The van der Waals surface area contributed by atoms with Gasteiger partial charge in [-0.2, -0.15) is 0 Å². The number of anilines is 2. The minimum atomic E-state index is -0.149. The molecule has 0 bridgehead atoms. The summed E-state index contributed by atoms with van der Waals surface area (Å²) in [5.74, 6) is 0. The van der Waals surface area contributed by atoms with Gasteiger partial charge in [-0.1, -0.05) is 24.4 Å². The number of para-hydroxylation sites is 2. The van der Waals surface area contributed by atoms with E-state index in [1.807, 2.05) is 24.3 Å². The molecule has 3 heteroatoms. The van der Waals surface area contributed by atoms with Crippen LogP contribution in [0.15, 0.2) is 24.3 Å². The maximum atomic E-state index is 5.24. The van der Waals surface area contributed by atoms with Gasteiger partial charge in [0.1, 0.15) is 4.99 Å². The second kappa shape index (κ2) is 2.70. The number of hydrogen-bond donors (Lipinski definition) is 2.